The quantitative estimate of drug-likeness (QED) is 0.851. The van der Waals surface area contributed by atoms with E-state index in [4.69, 9.17) is 0 Å². The lowest BCUT2D eigenvalue weighted by Gasteiger charge is -2.21. The van der Waals surface area contributed by atoms with Gasteiger partial charge in [-0.2, -0.15) is 0 Å². The highest BCUT2D eigenvalue weighted by Crippen LogP contribution is 2.29. The van der Waals surface area contributed by atoms with Crippen molar-refractivity contribution in [1.29, 1.82) is 0 Å². The highest BCUT2D eigenvalue weighted by Gasteiger charge is 2.34. The van der Waals surface area contributed by atoms with Crippen molar-refractivity contribution in [3.63, 3.8) is 0 Å². The molecule has 6 heteroatoms. The van der Waals surface area contributed by atoms with E-state index in [1.54, 1.807) is 18.5 Å². The maximum atomic E-state index is 12.6. The predicted octanol–water partition coefficient (Wildman–Crippen LogP) is 1.76. The number of aromatic amines is 1. The number of hydrogen-bond donors (Lipinski definition) is 1. The smallest absolute Gasteiger partial charge is 0.270 e. The molecule has 2 aromatic heterocycles. The summed E-state index contributed by atoms with van der Waals surface area (Å²) in [6, 6.07) is 1.90. The van der Waals surface area contributed by atoms with Crippen molar-refractivity contribution in [2.24, 2.45) is 7.05 Å². The molecule has 1 aliphatic rings. The van der Waals surface area contributed by atoms with Gasteiger partial charge in [0.1, 0.15) is 11.5 Å². The van der Waals surface area contributed by atoms with E-state index >= 15 is 0 Å². The third-order valence-corrected chi connectivity index (χ3v) is 3.80. The van der Waals surface area contributed by atoms with Crippen LogP contribution in [-0.2, 0) is 13.6 Å². The van der Waals surface area contributed by atoms with E-state index in [0.717, 1.165) is 18.7 Å². The number of amides is 1. The van der Waals surface area contributed by atoms with Crippen molar-refractivity contribution in [3.8, 4) is 0 Å². The predicted molar refractivity (Wildman–Crippen MR) is 76.9 cm³/mol. The van der Waals surface area contributed by atoms with Gasteiger partial charge in [-0.05, 0) is 25.8 Å². The van der Waals surface area contributed by atoms with Gasteiger partial charge in [-0.15, -0.1) is 0 Å². The van der Waals surface area contributed by atoms with Crippen LogP contribution in [0.25, 0.3) is 0 Å². The summed E-state index contributed by atoms with van der Waals surface area (Å²) in [6.45, 7) is 1.98. The molecule has 0 radical (unpaired) electrons. The molecule has 1 fully saturated rings. The molecule has 0 spiro atoms. The number of rotatable bonds is 5. The molecule has 0 atom stereocenters. The van der Waals surface area contributed by atoms with Crippen LogP contribution in [0.4, 0.5) is 0 Å². The van der Waals surface area contributed by atoms with E-state index < -0.39 is 0 Å². The van der Waals surface area contributed by atoms with Crippen molar-refractivity contribution in [2.75, 3.05) is 0 Å². The average Bonchev–Trinajstić information content (AvgIpc) is 3.01. The minimum Gasteiger partial charge on any atom is -0.356 e. The van der Waals surface area contributed by atoms with Crippen molar-refractivity contribution in [2.45, 2.75) is 32.4 Å². The normalized spacial score (nSPS) is 14.2. The number of H-pyrrole nitrogens is 1. The molecule has 21 heavy (non-hydrogen) atoms. The molecule has 110 valence electrons. The molecule has 1 amide bonds. The summed E-state index contributed by atoms with van der Waals surface area (Å²) in [4.78, 5) is 33.0. The molecule has 1 N–H and O–H groups in total. The van der Waals surface area contributed by atoms with E-state index in [9.17, 15) is 9.59 Å². The van der Waals surface area contributed by atoms with Gasteiger partial charge in [0.25, 0.3) is 5.91 Å². The Morgan fingerprint density at radius 2 is 2.24 bits per heavy atom. The van der Waals surface area contributed by atoms with Gasteiger partial charge in [0.15, 0.2) is 5.78 Å². The Balaban J connectivity index is 1.81. The second-order valence-corrected chi connectivity index (χ2v) is 5.48. The zero-order chi connectivity index (χ0) is 15.0. The second kappa shape index (κ2) is 5.20. The minimum atomic E-state index is -0.0759. The fraction of sp³-hybridized carbons (Fsp3) is 0.400. The van der Waals surface area contributed by atoms with Crippen LogP contribution in [0.15, 0.2) is 24.7 Å². The first-order valence-corrected chi connectivity index (χ1v) is 7.03. The van der Waals surface area contributed by atoms with Gasteiger partial charge in [0.05, 0.1) is 6.54 Å². The van der Waals surface area contributed by atoms with Crippen molar-refractivity contribution < 1.29 is 9.59 Å². The Bertz CT molecular complexity index is 681. The van der Waals surface area contributed by atoms with Gasteiger partial charge in [0, 0.05) is 37.2 Å². The number of Topliss-reactive ketones (excluding diaryl/α,β-unsaturated/α-hetero) is 1. The fourth-order valence-corrected chi connectivity index (χ4v) is 2.33. The summed E-state index contributed by atoms with van der Waals surface area (Å²) < 4.78 is 1.92. The summed E-state index contributed by atoms with van der Waals surface area (Å²) in [7, 11) is 1.92. The molecular weight excluding hydrogens is 268 g/mol. The molecule has 3 rings (SSSR count). The second-order valence-electron chi connectivity index (χ2n) is 5.48. The molecular formula is C15H18N4O2. The summed E-state index contributed by atoms with van der Waals surface area (Å²) in [6.07, 6.45) is 7.23. The van der Waals surface area contributed by atoms with E-state index in [1.807, 2.05) is 22.7 Å². The summed E-state index contributed by atoms with van der Waals surface area (Å²) in [5.41, 5.74) is 0.993. The van der Waals surface area contributed by atoms with Crippen LogP contribution < -0.4 is 0 Å². The van der Waals surface area contributed by atoms with Crippen molar-refractivity contribution in [3.05, 3.63) is 41.7 Å². The maximum absolute atomic E-state index is 12.6. The molecule has 1 saturated carbocycles. The zero-order valence-electron chi connectivity index (χ0n) is 12.2. The Hall–Kier alpha value is -2.37. The topological polar surface area (TPSA) is 71.0 Å². The molecule has 1 aliphatic carbocycles. The molecule has 0 aromatic carbocycles. The first kappa shape index (κ1) is 13.6. The lowest BCUT2D eigenvalue weighted by atomic mass is 10.2. The minimum absolute atomic E-state index is 0.0487. The van der Waals surface area contributed by atoms with Crippen LogP contribution in [0.3, 0.4) is 0 Å². The number of nitrogens with zero attached hydrogens (tertiary/aromatic N) is 3. The Morgan fingerprint density at radius 1 is 1.48 bits per heavy atom. The lowest BCUT2D eigenvalue weighted by Crippen LogP contribution is -2.33. The van der Waals surface area contributed by atoms with Gasteiger partial charge in [-0.1, -0.05) is 0 Å². The van der Waals surface area contributed by atoms with E-state index in [0.29, 0.717) is 17.8 Å². The molecule has 0 saturated heterocycles. The van der Waals surface area contributed by atoms with Gasteiger partial charge < -0.3 is 14.5 Å². The van der Waals surface area contributed by atoms with Crippen molar-refractivity contribution >= 4 is 11.7 Å². The van der Waals surface area contributed by atoms with Crippen LogP contribution in [0.5, 0.6) is 0 Å². The Labute approximate surface area is 122 Å². The SMILES string of the molecule is CC(=O)c1c[nH]c(C(=O)N(Cc2nccn2C)C2CC2)c1. The molecule has 0 aliphatic heterocycles. The molecule has 0 bridgehead atoms. The largest absolute Gasteiger partial charge is 0.356 e. The van der Waals surface area contributed by atoms with Crippen LogP contribution in [-0.4, -0.2) is 37.2 Å². The van der Waals surface area contributed by atoms with Gasteiger partial charge >= 0.3 is 0 Å². The summed E-state index contributed by atoms with van der Waals surface area (Å²) in [5.74, 6) is 0.731. The first-order valence-electron chi connectivity index (χ1n) is 7.03. The number of aryl methyl sites for hydroxylation is 1. The summed E-state index contributed by atoms with van der Waals surface area (Å²) in [5, 5.41) is 0. The number of aromatic nitrogens is 3. The summed E-state index contributed by atoms with van der Waals surface area (Å²) >= 11 is 0. The van der Waals surface area contributed by atoms with Crippen LogP contribution in [0, 0.1) is 0 Å². The van der Waals surface area contributed by atoms with Crippen LogP contribution in [0.2, 0.25) is 0 Å². The van der Waals surface area contributed by atoms with E-state index in [2.05, 4.69) is 9.97 Å². The number of imidazole rings is 1. The molecule has 2 aromatic rings. The highest BCUT2D eigenvalue weighted by atomic mass is 16.2. The number of carbonyl (C=O) groups is 2. The van der Waals surface area contributed by atoms with Crippen LogP contribution >= 0.6 is 0 Å². The Kier molecular flexibility index (Phi) is 3.37. The fourth-order valence-electron chi connectivity index (χ4n) is 2.33. The standard InChI is InChI=1S/C15H18N4O2/c1-10(20)11-7-13(17-8-11)15(21)19(12-3-4-12)9-14-16-5-6-18(14)2/h5-8,12,17H,3-4,9H2,1-2H3. The average molecular weight is 286 g/mol. The number of nitrogens with one attached hydrogen (secondary N) is 1. The molecule has 2 heterocycles. The van der Waals surface area contributed by atoms with Crippen LogP contribution in [0.1, 0.15) is 46.4 Å². The van der Waals surface area contributed by atoms with Gasteiger partial charge in [-0.3, -0.25) is 9.59 Å². The molecule has 0 unspecified atom stereocenters. The third-order valence-electron chi connectivity index (χ3n) is 3.80. The van der Waals surface area contributed by atoms with E-state index in [1.165, 1.54) is 6.92 Å². The van der Waals surface area contributed by atoms with Gasteiger partial charge in [-0.25, -0.2) is 4.98 Å². The number of carbonyl (C=O) groups excluding carboxylic acids is 2. The number of hydrogen-bond acceptors (Lipinski definition) is 3. The first-order chi connectivity index (χ1) is 10.1. The maximum Gasteiger partial charge on any atom is 0.270 e. The number of ketones is 1. The lowest BCUT2D eigenvalue weighted by molar-refractivity contribution is 0.0718. The zero-order valence-corrected chi connectivity index (χ0v) is 12.2. The van der Waals surface area contributed by atoms with E-state index in [-0.39, 0.29) is 17.7 Å². The highest BCUT2D eigenvalue weighted by molar-refractivity contribution is 5.99. The monoisotopic (exact) mass is 286 g/mol. The Morgan fingerprint density at radius 3 is 2.76 bits per heavy atom. The van der Waals surface area contributed by atoms with Crippen molar-refractivity contribution in [1.82, 2.24) is 19.4 Å². The van der Waals surface area contributed by atoms with Gasteiger partial charge in [0.2, 0.25) is 0 Å². The molecule has 6 nitrogen and oxygen atoms in total. The third kappa shape index (κ3) is 2.74.